The lowest BCUT2D eigenvalue weighted by Gasteiger charge is -2.49. The lowest BCUT2D eigenvalue weighted by atomic mass is 9.55. The van der Waals surface area contributed by atoms with E-state index in [0.29, 0.717) is 11.8 Å². The molecule has 4 aliphatic rings. The minimum Gasteiger partial charge on any atom is -0.455 e. The highest BCUT2D eigenvalue weighted by Gasteiger charge is 2.77. The van der Waals surface area contributed by atoms with Gasteiger partial charge in [-0.3, -0.25) is 4.79 Å². The van der Waals surface area contributed by atoms with Crippen LogP contribution in [0.4, 0.5) is 0 Å². The maximum absolute atomic E-state index is 12.2. The van der Waals surface area contributed by atoms with Crippen LogP contribution in [0.5, 0.6) is 0 Å². The first-order valence-electron chi connectivity index (χ1n) is 7.54. The second-order valence-corrected chi connectivity index (χ2v) is 7.18. The van der Waals surface area contributed by atoms with Gasteiger partial charge in [0.1, 0.15) is 11.7 Å². The van der Waals surface area contributed by atoms with Gasteiger partial charge < -0.3 is 14.6 Å². The van der Waals surface area contributed by atoms with Crippen molar-refractivity contribution < 1.29 is 19.4 Å². The summed E-state index contributed by atoms with van der Waals surface area (Å²) < 4.78 is 11.9. The molecule has 2 aliphatic heterocycles. The highest BCUT2D eigenvalue weighted by Crippen LogP contribution is 2.66. The molecule has 4 rings (SSSR count). The molecule has 2 saturated heterocycles. The minimum atomic E-state index is -0.435. The van der Waals surface area contributed by atoms with Crippen molar-refractivity contribution >= 4 is 5.97 Å². The summed E-state index contributed by atoms with van der Waals surface area (Å²) in [6, 6.07) is 0. The standard InChI is InChI=1S/C15H22O4/c1-8-3-4-11-9(7-16)12(17)18-15(11)10(8)5-6-14(2)13(15)19-14/h8-11,13,16H,3-7H2,1-2H3. The zero-order valence-electron chi connectivity index (χ0n) is 11.6. The molecule has 0 aromatic rings. The summed E-state index contributed by atoms with van der Waals surface area (Å²) in [6.45, 7) is 4.32. The predicted molar refractivity (Wildman–Crippen MR) is 67.3 cm³/mol. The number of fused-ring (bicyclic) bond motifs is 1. The molecule has 19 heavy (non-hydrogen) atoms. The second-order valence-electron chi connectivity index (χ2n) is 7.18. The largest absolute Gasteiger partial charge is 0.455 e. The lowest BCUT2D eigenvalue weighted by molar-refractivity contribution is -0.168. The van der Waals surface area contributed by atoms with Crippen molar-refractivity contribution in [3.8, 4) is 0 Å². The molecule has 7 unspecified atom stereocenters. The second kappa shape index (κ2) is 3.53. The molecule has 0 aromatic heterocycles. The Balaban J connectivity index is 1.79. The Morgan fingerprint density at radius 3 is 2.84 bits per heavy atom. The van der Waals surface area contributed by atoms with Crippen molar-refractivity contribution in [1.29, 1.82) is 0 Å². The number of epoxide rings is 1. The van der Waals surface area contributed by atoms with E-state index in [0.717, 1.165) is 25.7 Å². The maximum Gasteiger partial charge on any atom is 0.312 e. The highest BCUT2D eigenvalue weighted by molar-refractivity contribution is 5.77. The van der Waals surface area contributed by atoms with Gasteiger partial charge >= 0.3 is 5.97 Å². The van der Waals surface area contributed by atoms with Crippen LogP contribution in [0.2, 0.25) is 0 Å². The zero-order chi connectivity index (χ0) is 13.4. The van der Waals surface area contributed by atoms with Crippen LogP contribution >= 0.6 is 0 Å². The van der Waals surface area contributed by atoms with E-state index in [1.165, 1.54) is 0 Å². The smallest absolute Gasteiger partial charge is 0.312 e. The normalized spacial score (nSPS) is 58.9. The van der Waals surface area contributed by atoms with Crippen molar-refractivity contribution in [2.45, 2.75) is 56.8 Å². The number of ether oxygens (including phenoxy) is 2. The van der Waals surface area contributed by atoms with Crippen molar-refractivity contribution in [1.82, 2.24) is 0 Å². The average Bonchev–Trinajstić information content (AvgIpc) is 2.98. The summed E-state index contributed by atoms with van der Waals surface area (Å²) in [5.74, 6) is 0.605. The van der Waals surface area contributed by atoms with Gasteiger partial charge in [0, 0.05) is 11.8 Å². The van der Waals surface area contributed by atoms with Gasteiger partial charge in [-0.25, -0.2) is 0 Å². The number of esters is 1. The highest BCUT2D eigenvalue weighted by atomic mass is 16.7. The van der Waals surface area contributed by atoms with Crippen molar-refractivity contribution in [2.75, 3.05) is 6.61 Å². The SMILES string of the molecule is CC1CCC2C(CO)C(=O)OC23C1CCC1(C)OC13. The third-order valence-corrected chi connectivity index (χ3v) is 6.29. The molecule has 4 fully saturated rings. The quantitative estimate of drug-likeness (QED) is 0.577. The number of rotatable bonds is 1. The molecule has 106 valence electrons. The Hall–Kier alpha value is -0.610. The fourth-order valence-corrected chi connectivity index (χ4v) is 5.26. The molecule has 7 atom stereocenters. The molecule has 0 amide bonds. The van der Waals surface area contributed by atoms with E-state index in [1.54, 1.807) is 0 Å². The van der Waals surface area contributed by atoms with Crippen LogP contribution in [0.3, 0.4) is 0 Å². The number of aliphatic hydroxyl groups excluding tert-OH is 1. The lowest BCUT2D eigenvalue weighted by Crippen LogP contribution is -2.58. The fraction of sp³-hybridized carbons (Fsp3) is 0.933. The molecule has 2 heterocycles. The van der Waals surface area contributed by atoms with Crippen LogP contribution in [0.15, 0.2) is 0 Å². The molecule has 0 radical (unpaired) electrons. The average molecular weight is 266 g/mol. The molecular weight excluding hydrogens is 244 g/mol. The topological polar surface area (TPSA) is 59.1 Å². The molecule has 0 bridgehead atoms. The first-order chi connectivity index (χ1) is 9.03. The minimum absolute atomic E-state index is 0.0620. The Kier molecular flexibility index (Phi) is 2.26. The van der Waals surface area contributed by atoms with Crippen LogP contribution < -0.4 is 0 Å². The van der Waals surface area contributed by atoms with E-state index in [2.05, 4.69) is 13.8 Å². The van der Waals surface area contributed by atoms with E-state index >= 15 is 0 Å². The zero-order valence-corrected chi connectivity index (χ0v) is 11.6. The number of carbonyl (C=O) groups excluding carboxylic acids is 1. The third kappa shape index (κ3) is 1.30. The van der Waals surface area contributed by atoms with Crippen LogP contribution in [0, 0.1) is 23.7 Å². The first-order valence-corrected chi connectivity index (χ1v) is 7.54. The Labute approximate surface area is 113 Å². The Morgan fingerprint density at radius 1 is 1.32 bits per heavy atom. The van der Waals surface area contributed by atoms with Gasteiger partial charge in [0.15, 0.2) is 0 Å². The summed E-state index contributed by atoms with van der Waals surface area (Å²) in [4.78, 5) is 12.2. The van der Waals surface area contributed by atoms with Gasteiger partial charge in [0.2, 0.25) is 0 Å². The van der Waals surface area contributed by atoms with E-state index in [-0.39, 0.29) is 36.1 Å². The molecule has 0 aromatic carbocycles. The van der Waals surface area contributed by atoms with Crippen molar-refractivity contribution in [2.24, 2.45) is 23.7 Å². The molecule has 2 aliphatic carbocycles. The van der Waals surface area contributed by atoms with Crippen LogP contribution in [-0.2, 0) is 14.3 Å². The monoisotopic (exact) mass is 266 g/mol. The molecule has 1 N–H and O–H groups in total. The Morgan fingerprint density at radius 2 is 2.11 bits per heavy atom. The molecular formula is C15H22O4. The van der Waals surface area contributed by atoms with Crippen molar-refractivity contribution in [3.63, 3.8) is 0 Å². The molecule has 2 saturated carbocycles. The van der Waals surface area contributed by atoms with Crippen LogP contribution in [0.1, 0.15) is 39.5 Å². The first kappa shape index (κ1) is 12.2. The molecule has 4 nitrogen and oxygen atoms in total. The maximum atomic E-state index is 12.2. The van der Waals surface area contributed by atoms with Crippen molar-refractivity contribution in [3.05, 3.63) is 0 Å². The van der Waals surface area contributed by atoms with Gasteiger partial charge in [-0.05, 0) is 38.5 Å². The summed E-state index contributed by atoms with van der Waals surface area (Å²) >= 11 is 0. The summed E-state index contributed by atoms with van der Waals surface area (Å²) in [5.41, 5.74) is -0.522. The van der Waals surface area contributed by atoms with Gasteiger partial charge in [0.05, 0.1) is 18.1 Å². The van der Waals surface area contributed by atoms with Gasteiger partial charge in [-0.15, -0.1) is 0 Å². The van der Waals surface area contributed by atoms with Crippen LogP contribution in [0.25, 0.3) is 0 Å². The summed E-state index contributed by atoms with van der Waals surface area (Å²) in [7, 11) is 0. The van der Waals surface area contributed by atoms with E-state index in [9.17, 15) is 9.90 Å². The molecule has 4 heteroatoms. The number of hydrogen-bond acceptors (Lipinski definition) is 4. The summed E-state index contributed by atoms with van der Waals surface area (Å²) in [6.07, 6.45) is 4.32. The van der Waals surface area contributed by atoms with Gasteiger partial charge in [-0.1, -0.05) is 6.92 Å². The van der Waals surface area contributed by atoms with Crippen LogP contribution in [-0.4, -0.2) is 35.0 Å². The van der Waals surface area contributed by atoms with Gasteiger partial charge in [0.25, 0.3) is 0 Å². The van der Waals surface area contributed by atoms with Gasteiger partial charge in [-0.2, -0.15) is 0 Å². The van der Waals surface area contributed by atoms with E-state index in [4.69, 9.17) is 9.47 Å². The molecule has 1 spiro atoms. The fourth-order valence-electron chi connectivity index (χ4n) is 5.26. The van der Waals surface area contributed by atoms with E-state index < -0.39 is 5.60 Å². The Bertz CT molecular complexity index is 436. The van der Waals surface area contributed by atoms with E-state index in [1.807, 2.05) is 0 Å². The number of aliphatic hydroxyl groups is 1. The summed E-state index contributed by atoms with van der Waals surface area (Å²) in [5, 5.41) is 9.55. The number of hydrogen-bond donors (Lipinski definition) is 1. The predicted octanol–water partition coefficient (Wildman–Crippen LogP) is 1.50. The number of carbonyl (C=O) groups is 1. The third-order valence-electron chi connectivity index (χ3n) is 6.29.